The summed E-state index contributed by atoms with van der Waals surface area (Å²) in [6.45, 7) is 1.34. The molecule has 2 atom stereocenters. The number of ether oxygens (including phenoxy) is 1. The maximum absolute atomic E-state index is 14.2. The molecular weight excluding hydrogens is 398 g/mol. The van der Waals surface area contributed by atoms with E-state index in [1.165, 1.54) is 30.0 Å². The number of rotatable bonds is 9. The lowest BCUT2D eigenvalue weighted by atomic mass is 9.99. The molecule has 0 aromatic heterocycles. The van der Waals surface area contributed by atoms with Crippen LogP contribution >= 0.6 is 11.8 Å². The lowest BCUT2D eigenvalue weighted by molar-refractivity contribution is 0.0712. The summed E-state index contributed by atoms with van der Waals surface area (Å²) in [6, 6.07) is 7.93. The number of thioether (sulfide) groups is 1. The van der Waals surface area contributed by atoms with Gasteiger partial charge in [-0.1, -0.05) is 18.2 Å². The van der Waals surface area contributed by atoms with Crippen molar-refractivity contribution in [3.05, 3.63) is 53.8 Å². The molecular formula is C17H22F2N2O4S2. The fourth-order valence-corrected chi connectivity index (χ4v) is 4.72. The molecule has 0 amide bonds. The molecule has 6 nitrogen and oxygen atoms in total. The minimum atomic E-state index is -3.62. The van der Waals surface area contributed by atoms with Crippen molar-refractivity contribution in [3.8, 4) is 0 Å². The van der Waals surface area contributed by atoms with Gasteiger partial charge in [0, 0.05) is 23.5 Å². The number of nitrogens with one attached hydrogen (secondary N) is 1. The standard InChI is InChI=1S/C17H22F2N2O4S2/c1-17(9-13(18)16(14(19)10-17)25-11-15(20)22)26-8-7-21-27(23,24)12-5-3-2-4-6-12/h2-6,9,15,21-22H,7-8,10-11,20H2,1H3. The third-order valence-electron chi connectivity index (χ3n) is 3.68. The highest BCUT2D eigenvalue weighted by molar-refractivity contribution is 8.00. The number of aliphatic hydroxyl groups excluding tert-OH is 1. The zero-order chi connectivity index (χ0) is 20.1. The van der Waals surface area contributed by atoms with Crippen LogP contribution in [0, 0.1) is 0 Å². The Morgan fingerprint density at radius 3 is 2.63 bits per heavy atom. The number of hydrogen-bond donors (Lipinski definition) is 3. The molecule has 2 rings (SSSR count). The second kappa shape index (κ2) is 9.16. The van der Waals surface area contributed by atoms with Crippen molar-refractivity contribution < 1.29 is 27.0 Å². The minimum Gasteiger partial charge on any atom is -0.484 e. The Kier molecular flexibility index (Phi) is 7.40. The third kappa shape index (κ3) is 6.28. The number of hydrogen-bond acceptors (Lipinski definition) is 6. The first kappa shape index (κ1) is 21.8. The van der Waals surface area contributed by atoms with Crippen molar-refractivity contribution >= 4 is 21.8 Å². The summed E-state index contributed by atoms with van der Waals surface area (Å²) in [5, 5.41) is 8.96. The number of aliphatic hydroxyl groups is 1. The van der Waals surface area contributed by atoms with E-state index in [9.17, 15) is 17.2 Å². The zero-order valence-electron chi connectivity index (χ0n) is 14.7. The predicted octanol–water partition coefficient (Wildman–Crippen LogP) is 2.19. The van der Waals surface area contributed by atoms with Crippen LogP contribution in [0.2, 0.25) is 0 Å². The van der Waals surface area contributed by atoms with Gasteiger partial charge in [-0.15, -0.1) is 11.8 Å². The van der Waals surface area contributed by atoms with E-state index in [1.54, 1.807) is 25.1 Å². The highest BCUT2D eigenvalue weighted by Crippen LogP contribution is 2.41. The first-order valence-electron chi connectivity index (χ1n) is 8.15. The molecule has 0 spiro atoms. The Bertz CT molecular complexity index is 813. The summed E-state index contributed by atoms with van der Waals surface area (Å²) in [6.07, 6.45) is -0.226. The lowest BCUT2D eigenvalue weighted by Gasteiger charge is -2.29. The van der Waals surface area contributed by atoms with E-state index in [4.69, 9.17) is 15.6 Å². The maximum atomic E-state index is 14.2. The molecule has 1 aromatic rings. The van der Waals surface area contributed by atoms with E-state index in [2.05, 4.69) is 4.72 Å². The average molecular weight is 421 g/mol. The van der Waals surface area contributed by atoms with Gasteiger partial charge in [-0.2, -0.15) is 0 Å². The summed E-state index contributed by atoms with van der Waals surface area (Å²) < 4.78 is 59.0. The molecule has 4 N–H and O–H groups in total. The Labute approximate surface area is 161 Å². The average Bonchev–Trinajstić information content (AvgIpc) is 2.58. The molecule has 0 bridgehead atoms. The molecule has 10 heteroatoms. The molecule has 150 valence electrons. The summed E-state index contributed by atoms with van der Waals surface area (Å²) in [5.74, 6) is -1.89. The second-order valence-corrected chi connectivity index (χ2v) is 9.55. The Morgan fingerprint density at radius 1 is 1.37 bits per heavy atom. The van der Waals surface area contributed by atoms with Crippen LogP contribution in [0.1, 0.15) is 13.3 Å². The van der Waals surface area contributed by atoms with Gasteiger partial charge in [0.25, 0.3) is 0 Å². The van der Waals surface area contributed by atoms with Crippen molar-refractivity contribution in [1.29, 1.82) is 0 Å². The van der Waals surface area contributed by atoms with Crippen LogP contribution in [0.15, 0.2) is 58.7 Å². The van der Waals surface area contributed by atoms with Crippen LogP contribution < -0.4 is 10.5 Å². The summed E-state index contributed by atoms with van der Waals surface area (Å²) >= 11 is 1.22. The van der Waals surface area contributed by atoms with E-state index in [0.717, 1.165) is 0 Å². The predicted molar refractivity (Wildman–Crippen MR) is 101 cm³/mol. The molecule has 0 aliphatic heterocycles. The summed E-state index contributed by atoms with van der Waals surface area (Å²) in [4.78, 5) is 0.155. The largest absolute Gasteiger partial charge is 0.484 e. The van der Waals surface area contributed by atoms with Crippen molar-refractivity contribution in [1.82, 2.24) is 4.72 Å². The van der Waals surface area contributed by atoms with Gasteiger partial charge in [-0.05, 0) is 25.1 Å². The molecule has 1 aromatic carbocycles. The van der Waals surface area contributed by atoms with Crippen LogP contribution in [0.5, 0.6) is 0 Å². The normalized spacial score (nSPS) is 21.7. The van der Waals surface area contributed by atoms with E-state index in [1.807, 2.05) is 0 Å². The van der Waals surface area contributed by atoms with Gasteiger partial charge in [-0.3, -0.25) is 0 Å². The quantitative estimate of drug-likeness (QED) is 0.418. The number of benzene rings is 1. The van der Waals surface area contributed by atoms with Crippen molar-refractivity contribution in [2.75, 3.05) is 18.9 Å². The molecule has 27 heavy (non-hydrogen) atoms. The van der Waals surface area contributed by atoms with E-state index in [-0.39, 0.29) is 17.9 Å². The van der Waals surface area contributed by atoms with Gasteiger partial charge in [0.1, 0.15) is 18.7 Å². The van der Waals surface area contributed by atoms with Crippen molar-refractivity contribution in [3.63, 3.8) is 0 Å². The second-order valence-electron chi connectivity index (χ2n) is 6.15. The van der Waals surface area contributed by atoms with E-state index >= 15 is 0 Å². The van der Waals surface area contributed by atoms with Crippen LogP contribution in [-0.2, 0) is 14.8 Å². The van der Waals surface area contributed by atoms with Gasteiger partial charge >= 0.3 is 0 Å². The maximum Gasteiger partial charge on any atom is 0.240 e. The monoisotopic (exact) mass is 420 g/mol. The van der Waals surface area contributed by atoms with Gasteiger partial charge in [0.15, 0.2) is 11.6 Å². The van der Waals surface area contributed by atoms with Crippen LogP contribution in [0.25, 0.3) is 0 Å². The molecule has 0 saturated carbocycles. The Balaban J connectivity index is 1.89. The number of allylic oxidation sites excluding steroid dienone is 2. The third-order valence-corrected chi connectivity index (χ3v) is 6.49. The molecule has 0 heterocycles. The topological polar surface area (TPSA) is 102 Å². The van der Waals surface area contributed by atoms with Gasteiger partial charge < -0.3 is 15.6 Å². The van der Waals surface area contributed by atoms with Gasteiger partial charge in [0.2, 0.25) is 10.0 Å². The lowest BCUT2D eigenvalue weighted by Crippen LogP contribution is -2.29. The fourth-order valence-electron chi connectivity index (χ4n) is 2.45. The first-order chi connectivity index (χ1) is 12.6. The van der Waals surface area contributed by atoms with Gasteiger partial charge in [0.05, 0.1) is 4.90 Å². The first-order valence-corrected chi connectivity index (χ1v) is 10.6. The molecule has 1 aliphatic rings. The molecule has 2 unspecified atom stereocenters. The van der Waals surface area contributed by atoms with Crippen molar-refractivity contribution in [2.24, 2.45) is 5.73 Å². The molecule has 1 aliphatic carbocycles. The van der Waals surface area contributed by atoms with Gasteiger partial charge in [-0.25, -0.2) is 21.9 Å². The number of sulfonamides is 1. The summed E-state index contributed by atoms with van der Waals surface area (Å²) in [7, 11) is -3.62. The molecule has 0 fully saturated rings. The smallest absolute Gasteiger partial charge is 0.240 e. The number of halogens is 2. The van der Waals surface area contributed by atoms with Crippen LogP contribution in [0.3, 0.4) is 0 Å². The minimum absolute atomic E-state index is 0.112. The summed E-state index contributed by atoms with van der Waals surface area (Å²) in [5.41, 5.74) is 5.10. The molecule has 0 saturated heterocycles. The van der Waals surface area contributed by atoms with E-state index < -0.39 is 45.0 Å². The van der Waals surface area contributed by atoms with E-state index in [0.29, 0.717) is 5.75 Å². The fraction of sp³-hybridized carbons (Fsp3) is 0.412. The molecule has 0 radical (unpaired) electrons. The highest BCUT2D eigenvalue weighted by atomic mass is 32.2. The Morgan fingerprint density at radius 2 is 2.04 bits per heavy atom. The highest BCUT2D eigenvalue weighted by Gasteiger charge is 2.33. The Hall–Kier alpha value is -1.46. The van der Waals surface area contributed by atoms with Crippen LogP contribution in [0.4, 0.5) is 8.78 Å². The number of nitrogens with two attached hydrogens (primary N) is 1. The van der Waals surface area contributed by atoms with Crippen LogP contribution in [-0.4, -0.2) is 43.4 Å². The SMILES string of the molecule is CC1(SCCNS(=O)(=O)c2ccccc2)C=C(F)C(OCC(N)O)=C(F)C1. The van der Waals surface area contributed by atoms with Crippen molar-refractivity contribution in [2.45, 2.75) is 29.2 Å². The zero-order valence-corrected chi connectivity index (χ0v) is 16.3.